The number of rotatable bonds is 5. The van der Waals surface area contributed by atoms with E-state index in [9.17, 15) is 34.2 Å². The Hall–Kier alpha value is -3.11. The van der Waals surface area contributed by atoms with Crippen LogP contribution in [0.15, 0.2) is 12.1 Å². The molecule has 1 aromatic rings. The van der Waals surface area contributed by atoms with Crippen molar-refractivity contribution in [2.75, 3.05) is 32.1 Å². The third-order valence-corrected chi connectivity index (χ3v) is 8.02. The molecule has 0 radical (unpaired) electrons. The van der Waals surface area contributed by atoms with E-state index in [2.05, 4.69) is 0 Å². The molecule has 0 aliphatic heterocycles. The molecule has 2 unspecified atom stereocenters. The van der Waals surface area contributed by atoms with Gasteiger partial charge in [0.05, 0.1) is 17.5 Å². The molecule has 35 heavy (non-hydrogen) atoms. The van der Waals surface area contributed by atoms with Crippen LogP contribution in [0.3, 0.4) is 0 Å². The van der Waals surface area contributed by atoms with Crippen LogP contribution in [-0.4, -0.2) is 83.0 Å². The number of hydrogen-bond donors (Lipinski definition) is 3. The van der Waals surface area contributed by atoms with Crippen LogP contribution in [0.5, 0.6) is 5.75 Å². The van der Waals surface area contributed by atoms with E-state index in [1.807, 2.05) is 18.7 Å². The van der Waals surface area contributed by atoms with Crippen LogP contribution in [0, 0.1) is 23.7 Å². The van der Waals surface area contributed by atoms with Crippen molar-refractivity contribution in [3.05, 3.63) is 23.3 Å². The van der Waals surface area contributed by atoms with Crippen molar-refractivity contribution in [3.8, 4) is 5.75 Å². The molecule has 188 valence electrons. The van der Waals surface area contributed by atoms with Crippen molar-refractivity contribution in [2.24, 2.45) is 29.4 Å². The summed E-state index contributed by atoms with van der Waals surface area (Å²) < 4.78 is 0. The Balaban J connectivity index is 1.88. The zero-order valence-electron chi connectivity index (χ0n) is 20.3. The summed E-state index contributed by atoms with van der Waals surface area (Å²) in [5.41, 5.74) is 4.02. The summed E-state index contributed by atoms with van der Waals surface area (Å²) in [7, 11) is 3.12. The van der Waals surface area contributed by atoms with Gasteiger partial charge in [0.25, 0.3) is 0 Å². The Morgan fingerprint density at radius 2 is 1.74 bits per heavy atom. The number of carbonyl (C=O) groups is 5. The fraction of sp³-hybridized carbons (Fsp3) is 0.560. The first-order chi connectivity index (χ1) is 16.4. The molecular formula is C25H31N3O7. The fourth-order valence-corrected chi connectivity index (χ4v) is 6.45. The normalized spacial score (nSPS) is 32.2. The number of Topliss-reactive ketones (excluding diaryl/α,β-unsaturated/α-hetero) is 4. The number of aromatic hydroxyl groups is 1. The van der Waals surface area contributed by atoms with Crippen LogP contribution in [0.4, 0.5) is 5.69 Å². The lowest BCUT2D eigenvalue weighted by Gasteiger charge is -2.52. The Kier molecular flexibility index (Phi) is 6.09. The first-order valence-corrected chi connectivity index (χ1v) is 11.9. The highest BCUT2D eigenvalue weighted by atomic mass is 16.3. The molecule has 1 aromatic carbocycles. The van der Waals surface area contributed by atoms with Gasteiger partial charge in [-0.1, -0.05) is 0 Å². The Morgan fingerprint density at radius 1 is 1.11 bits per heavy atom. The molecule has 1 amide bonds. The maximum absolute atomic E-state index is 13.8. The molecule has 0 saturated heterocycles. The van der Waals surface area contributed by atoms with Crippen molar-refractivity contribution in [1.82, 2.24) is 4.90 Å². The quantitative estimate of drug-likeness (QED) is 0.477. The lowest BCUT2D eigenvalue weighted by atomic mass is 9.52. The van der Waals surface area contributed by atoms with E-state index in [1.165, 1.54) is 11.0 Å². The molecule has 0 aromatic heterocycles. The third-order valence-electron chi connectivity index (χ3n) is 8.02. The van der Waals surface area contributed by atoms with Gasteiger partial charge in [0.15, 0.2) is 34.7 Å². The second kappa shape index (κ2) is 8.53. The van der Waals surface area contributed by atoms with Crippen LogP contribution >= 0.6 is 0 Å². The van der Waals surface area contributed by atoms with Gasteiger partial charge in [-0.25, -0.2) is 0 Å². The zero-order chi connectivity index (χ0) is 26.0. The minimum Gasteiger partial charge on any atom is -0.507 e. The predicted molar refractivity (Wildman–Crippen MR) is 125 cm³/mol. The number of anilines is 1. The first-order valence-electron chi connectivity index (χ1n) is 11.9. The topological polar surface area (TPSA) is 158 Å². The van der Waals surface area contributed by atoms with Crippen molar-refractivity contribution < 1.29 is 34.2 Å². The number of phenols is 1. The molecule has 0 bridgehead atoms. The molecule has 2 saturated carbocycles. The number of fused-ring (bicyclic) bond motifs is 3. The van der Waals surface area contributed by atoms with Crippen LogP contribution < -0.4 is 10.6 Å². The number of hydrogen-bond acceptors (Lipinski definition) is 9. The number of phenolic OH excluding ortho intramolecular Hbond substituents is 1. The molecule has 3 aliphatic carbocycles. The molecule has 0 heterocycles. The summed E-state index contributed by atoms with van der Waals surface area (Å²) in [5.74, 6) is -10.3. The molecule has 4 N–H and O–H groups in total. The van der Waals surface area contributed by atoms with Crippen LogP contribution in [-0.2, 0) is 25.6 Å². The molecule has 4 rings (SSSR count). The highest BCUT2D eigenvalue weighted by Crippen LogP contribution is 2.51. The first kappa shape index (κ1) is 25.0. The average molecular weight is 486 g/mol. The van der Waals surface area contributed by atoms with E-state index in [4.69, 9.17) is 5.73 Å². The predicted octanol–water partition coefficient (Wildman–Crippen LogP) is -0.287. The number of aliphatic hydroxyl groups is 1. The van der Waals surface area contributed by atoms with Gasteiger partial charge in [0.1, 0.15) is 5.75 Å². The summed E-state index contributed by atoms with van der Waals surface area (Å²) in [6.45, 7) is 5.27. The van der Waals surface area contributed by atoms with Crippen LogP contribution in [0.2, 0.25) is 0 Å². The largest absolute Gasteiger partial charge is 0.507 e. The second-order valence-corrected chi connectivity index (χ2v) is 9.92. The number of nitrogens with two attached hydrogens (primary N) is 1. The molecule has 10 nitrogen and oxygen atoms in total. The fourth-order valence-electron chi connectivity index (χ4n) is 6.45. The molecule has 6 atom stereocenters. The van der Waals surface area contributed by atoms with Gasteiger partial charge < -0.3 is 20.8 Å². The van der Waals surface area contributed by atoms with E-state index in [0.29, 0.717) is 18.7 Å². The number of primary amides is 1. The average Bonchev–Trinajstić information content (AvgIpc) is 2.78. The maximum atomic E-state index is 13.8. The molecular weight excluding hydrogens is 454 g/mol. The third kappa shape index (κ3) is 3.34. The number of nitrogens with zero attached hydrogens (tertiary/aromatic N) is 2. The lowest BCUT2D eigenvalue weighted by Crippen LogP contribution is -2.74. The number of likely N-dealkylation sites (N-methyl/N-ethyl adjacent to an activating group) is 1. The van der Waals surface area contributed by atoms with Gasteiger partial charge in [0.2, 0.25) is 5.91 Å². The van der Waals surface area contributed by atoms with Crippen molar-refractivity contribution in [3.63, 3.8) is 0 Å². The highest BCUT2D eigenvalue weighted by Gasteiger charge is 2.69. The minimum atomic E-state index is -2.71. The number of amides is 1. The van der Waals surface area contributed by atoms with Crippen molar-refractivity contribution >= 4 is 34.7 Å². The van der Waals surface area contributed by atoms with E-state index in [-0.39, 0.29) is 24.2 Å². The van der Waals surface area contributed by atoms with E-state index in [0.717, 1.165) is 5.69 Å². The zero-order valence-corrected chi connectivity index (χ0v) is 20.3. The molecule has 2 fully saturated rings. The van der Waals surface area contributed by atoms with Gasteiger partial charge in [0, 0.05) is 24.7 Å². The van der Waals surface area contributed by atoms with Crippen molar-refractivity contribution in [1.29, 1.82) is 0 Å². The summed E-state index contributed by atoms with van der Waals surface area (Å²) >= 11 is 0. The number of carbonyl (C=O) groups excluding carboxylic acids is 5. The summed E-state index contributed by atoms with van der Waals surface area (Å²) in [6, 6.07) is 2.04. The standard InChI is InChI=1S/C25H31N3O7/c1-5-28(6-2)14-7-8-15(29)17-12(14)9-11-10-13-19(27(3)4)21(31)18(24(26)34)23(33)25(13,35)22(32)16(11)20(17)30/h7-8,11,13,16,18-19,29,35H,5-6,9-10H2,1-4H3,(H2,26,34)/t11-,13-,16?,18?,19-,25-/m0/s1. The smallest absolute Gasteiger partial charge is 0.235 e. The van der Waals surface area contributed by atoms with Crippen molar-refractivity contribution in [2.45, 2.75) is 38.3 Å². The monoisotopic (exact) mass is 485 g/mol. The summed E-state index contributed by atoms with van der Waals surface area (Å²) in [4.78, 5) is 69.3. The van der Waals surface area contributed by atoms with Gasteiger partial charge in [-0.05, 0) is 64.4 Å². The highest BCUT2D eigenvalue weighted by molar-refractivity contribution is 6.32. The minimum absolute atomic E-state index is 0.0148. The van der Waals surface area contributed by atoms with E-state index < -0.39 is 64.4 Å². The number of ketones is 4. The molecule has 0 spiro atoms. The summed E-state index contributed by atoms with van der Waals surface area (Å²) in [6.07, 6.45) is 0.295. The Bertz CT molecular complexity index is 1140. The Labute approximate surface area is 203 Å². The maximum Gasteiger partial charge on any atom is 0.235 e. The van der Waals surface area contributed by atoms with Gasteiger partial charge >= 0.3 is 0 Å². The van der Waals surface area contributed by atoms with E-state index >= 15 is 0 Å². The number of benzene rings is 1. The second-order valence-electron chi connectivity index (χ2n) is 9.92. The van der Waals surface area contributed by atoms with Gasteiger partial charge in [-0.2, -0.15) is 0 Å². The molecule has 10 heteroatoms. The van der Waals surface area contributed by atoms with Crippen LogP contribution in [0.25, 0.3) is 0 Å². The SMILES string of the molecule is CCN(CC)c1ccc(O)c2c1C[C@H]1C[C@H]3[C@H](N(C)C)C(=O)C(C(N)=O)C(=O)[C@@]3(O)C(=O)C1C2=O. The lowest BCUT2D eigenvalue weighted by molar-refractivity contribution is -0.181. The van der Waals surface area contributed by atoms with Crippen LogP contribution in [0.1, 0.15) is 36.2 Å². The summed E-state index contributed by atoms with van der Waals surface area (Å²) in [5, 5.41) is 22.1. The van der Waals surface area contributed by atoms with E-state index in [1.54, 1.807) is 20.2 Å². The van der Waals surface area contributed by atoms with Gasteiger partial charge in [-0.3, -0.25) is 28.9 Å². The molecule has 3 aliphatic rings. The Morgan fingerprint density at radius 3 is 2.29 bits per heavy atom. The van der Waals surface area contributed by atoms with Gasteiger partial charge in [-0.15, -0.1) is 0 Å².